The molecule has 3 aliphatic rings. The van der Waals surface area contributed by atoms with Crippen LogP contribution in [0.5, 0.6) is 0 Å². The first-order valence-electron chi connectivity index (χ1n) is 6.15. The van der Waals surface area contributed by atoms with Gasteiger partial charge in [-0.2, -0.15) is 0 Å². The topological polar surface area (TPSA) is 74.6 Å². The number of benzene rings is 1. The molecule has 18 heavy (non-hydrogen) atoms. The monoisotopic (exact) mass is 246 g/mol. The van der Waals surface area contributed by atoms with E-state index in [2.05, 4.69) is 0 Å². The first kappa shape index (κ1) is 11.3. The Hall–Kier alpha value is -1.84. The normalized spacial score (nSPS) is 32.9. The molecule has 0 aromatic heterocycles. The summed E-state index contributed by atoms with van der Waals surface area (Å²) in [7, 11) is 0. The molecule has 4 nitrogen and oxygen atoms in total. The van der Waals surface area contributed by atoms with Crippen LogP contribution in [-0.4, -0.2) is 22.2 Å². The number of fused-ring (bicyclic) bond motifs is 2. The fourth-order valence-electron chi connectivity index (χ4n) is 3.75. The number of aliphatic carboxylic acids is 2. The number of rotatable bonds is 2. The van der Waals surface area contributed by atoms with Crippen molar-refractivity contribution in [2.45, 2.75) is 24.7 Å². The molecule has 4 unspecified atom stereocenters. The molecule has 1 saturated carbocycles. The van der Waals surface area contributed by atoms with E-state index < -0.39 is 23.8 Å². The predicted octanol–water partition coefficient (Wildman–Crippen LogP) is 2.06. The van der Waals surface area contributed by atoms with Gasteiger partial charge in [-0.1, -0.05) is 24.3 Å². The largest absolute Gasteiger partial charge is 0.481 e. The molecule has 3 aliphatic carbocycles. The molecule has 1 fully saturated rings. The van der Waals surface area contributed by atoms with Crippen LogP contribution in [-0.2, 0) is 9.59 Å². The van der Waals surface area contributed by atoms with Crippen molar-refractivity contribution in [2.24, 2.45) is 11.8 Å². The minimum absolute atomic E-state index is 0.148. The maximum absolute atomic E-state index is 11.4. The Morgan fingerprint density at radius 1 is 0.889 bits per heavy atom. The molecule has 0 spiro atoms. The van der Waals surface area contributed by atoms with Gasteiger partial charge in [0.15, 0.2) is 0 Å². The van der Waals surface area contributed by atoms with Gasteiger partial charge in [-0.25, -0.2) is 0 Å². The van der Waals surface area contributed by atoms with E-state index in [0.29, 0.717) is 0 Å². The molecule has 0 saturated heterocycles. The van der Waals surface area contributed by atoms with Crippen molar-refractivity contribution in [2.75, 3.05) is 0 Å². The van der Waals surface area contributed by atoms with Crippen LogP contribution in [0.15, 0.2) is 24.3 Å². The molecule has 0 radical (unpaired) electrons. The zero-order valence-electron chi connectivity index (χ0n) is 9.74. The number of hydrogen-bond acceptors (Lipinski definition) is 2. The van der Waals surface area contributed by atoms with E-state index in [0.717, 1.165) is 24.0 Å². The van der Waals surface area contributed by atoms with Crippen molar-refractivity contribution in [1.82, 2.24) is 0 Å². The number of carboxylic acids is 2. The molecule has 94 valence electrons. The van der Waals surface area contributed by atoms with Crippen molar-refractivity contribution in [3.63, 3.8) is 0 Å². The third-order valence-electron chi connectivity index (χ3n) is 4.41. The number of carboxylic acid groups (broad SMARTS) is 2. The van der Waals surface area contributed by atoms with Gasteiger partial charge >= 0.3 is 11.9 Å². The fourth-order valence-corrected chi connectivity index (χ4v) is 3.75. The average Bonchev–Trinajstić information content (AvgIpc) is 2.38. The Labute approximate surface area is 104 Å². The van der Waals surface area contributed by atoms with Gasteiger partial charge in [0.25, 0.3) is 0 Å². The van der Waals surface area contributed by atoms with Gasteiger partial charge in [0.2, 0.25) is 0 Å². The summed E-state index contributed by atoms with van der Waals surface area (Å²) < 4.78 is 0. The summed E-state index contributed by atoms with van der Waals surface area (Å²) in [4.78, 5) is 22.8. The zero-order valence-corrected chi connectivity index (χ0v) is 9.74. The predicted molar refractivity (Wildman–Crippen MR) is 63.4 cm³/mol. The van der Waals surface area contributed by atoms with Crippen LogP contribution < -0.4 is 0 Å². The van der Waals surface area contributed by atoms with Crippen molar-refractivity contribution in [3.05, 3.63) is 35.4 Å². The molecule has 1 aromatic rings. The zero-order chi connectivity index (χ0) is 12.9. The van der Waals surface area contributed by atoms with Gasteiger partial charge in [-0.3, -0.25) is 9.59 Å². The molecule has 4 atom stereocenters. The van der Waals surface area contributed by atoms with E-state index in [9.17, 15) is 19.8 Å². The highest BCUT2D eigenvalue weighted by Crippen LogP contribution is 2.55. The first-order chi connectivity index (χ1) is 8.61. The summed E-state index contributed by atoms with van der Waals surface area (Å²) in [5, 5.41) is 18.7. The average molecular weight is 246 g/mol. The van der Waals surface area contributed by atoms with Gasteiger partial charge in [0.1, 0.15) is 0 Å². The maximum atomic E-state index is 11.4. The minimum Gasteiger partial charge on any atom is -0.481 e. The lowest BCUT2D eigenvalue weighted by Crippen LogP contribution is -2.45. The molecule has 0 aliphatic heterocycles. The Balaban J connectivity index is 2.16. The highest BCUT2D eigenvalue weighted by molar-refractivity contribution is 5.83. The second-order valence-corrected chi connectivity index (χ2v) is 5.15. The minimum atomic E-state index is -0.980. The fraction of sp³-hybridized carbons (Fsp3) is 0.429. The lowest BCUT2D eigenvalue weighted by Gasteiger charge is -2.46. The van der Waals surface area contributed by atoms with Crippen LogP contribution >= 0.6 is 0 Å². The van der Waals surface area contributed by atoms with Crippen molar-refractivity contribution < 1.29 is 19.8 Å². The van der Waals surface area contributed by atoms with E-state index >= 15 is 0 Å². The van der Waals surface area contributed by atoms with E-state index in [1.807, 2.05) is 24.3 Å². The van der Waals surface area contributed by atoms with Crippen LogP contribution in [0, 0.1) is 11.8 Å². The first-order valence-corrected chi connectivity index (χ1v) is 6.15. The molecule has 4 rings (SSSR count). The van der Waals surface area contributed by atoms with Crippen molar-refractivity contribution in [3.8, 4) is 0 Å². The molecule has 1 aromatic carbocycles. The molecular formula is C14H14O4. The van der Waals surface area contributed by atoms with Crippen LogP contribution in [0.3, 0.4) is 0 Å². The molecule has 2 bridgehead atoms. The third kappa shape index (κ3) is 1.38. The lowest BCUT2D eigenvalue weighted by molar-refractivity contribution is -0.158. The summed E-state index contributed by atoms with van der Waals surface area (Å²) in [6.45, 7) is 0. The molecule has 0 heterocycles. The van der Waals surface area contributed by atoms with Gasteiger partial charge in [-0.15, -0.1) is 0 Å². The second kappa shape index (κ2) is 3.83. The SMILES string of the molecule is O=C(O)C1C2CCC(c3ccccc32)C1C(=O)O. The van der Waals surface area contributed by atoms with E-state index in [-0.39, 0.29) is 11.8 Å². The summed E-state index contributed by atoms with van der Waals surface area (Å²) >= 11 is 0. The summed E-state index contributed by atoms with van der Waals surface area (Å²) in [5.74, 6) is -3.82. The highest BCUT2D eigenvalue weighted by atomic mass is 16.4. The van der Waals surface area contributed by atoms with Crippen LogP contribution in [0.2, 0.25) is 0 Å². The summed E-state index contributed by atoms with van der Waals surface area (Å²) in [5.41, 5.74) is 2.08. The van der Waals surface area contributed by atoms with Crippen LogP contribution in [0.25, 0.3) is 0 Å². The Morgan fingerprint density at radius 2 is 1.28 bits per heavy atom. The Bertz CT molecular complexity index is 475. The van der Waals surface area contributed by atoms with Crippen molar-refractivity contribution >= 4 is 11.9 Å². The number of hydrogen-bond donors (Lipinski definition) is 2. The second-order valence-electron chi connectivity index (χ2n) is 5.15. The summed E-state index contributed by atoms with van der Waals surface area (Å²) in [6, 6.07) is 7.68. The van der Waals surface area contributed by atoms with Gasteiger partial charge in [0, 0.05) is 0 Å². The summed E-state index contributed by atoms with van der Waals surface area (Å²) in [6.07, 6.45) is 1.56. The van der Waals surface area contributed by atoms with Gasteiger partial charge < -0.3 is 10.2 Å². The van der Waals surface area contributed by atoms with E-state index in [4.69, 9.17) is 0 Å². The highest BCUT2D eigenvalue weighted by Gasteiger charge is 2.52. The molecule has 2 N–H and O–H groups in total. The standard InChI is InChI=1S/C14H14O4/c15-13(16)11-9-5-6-10(12(11)14(17)18)8-4-2-1-3-7(8)9/h1-4,9-12H,5-6H2,(H,15,16)(H,17,18). The molecule has 0 amide bonds. The van der Waals surface area contributed by atoms with Crippen molar-refractivity contribution in [1.29, 1.82) is 0 Å². The van der Waals surface area contributed by atoms with Gasteiger partial charge in [0.05, 0.1) is 11.8 Å². The smallest absolute Gasteiger partial charge is 0.308 e. The quantitative estimate of drug-likeness (QED) is 0.837. The third-order valence-corrected chi connectivity index (χ3v) is 4.41. The molecular weight excluding hydrogens is 232 g/mol. The Kier molecular flexibility index (Phi) is 2.40. The van der Waals surface area contributed by atoms with E-state index in [1.54, 1.807) is 0 Å². The Morgan fingerprint density at radius 3 is 1.61 bits per heavy atom. The van der Waals surface area contributed by atoms with Crippen LogP contribution in [0.4, 0.5) is 0 Å². The van der Waals surface area contributed by atoms with Gasteiger partial charge in [-0.05, 0) is 35.8 Å². The molecule has 4 heteroatoms. The lowest BCUT2D eigenvalue weighted by atomic mass is 9.56. The van der Waals surface area contributed by atoms with E-state index in [1.165, 1.54) is 0 Å². The maximum Gasteiger partial charge on any atom is 0.308 e. The number of carbonyl (C=O) groups is 2. The van der Waals surface area contributed by atoms with Crippen LogP contribution in [0.1, 0.15) is 35.8 Å².